The van der Waals surface area contributed by atoms with Crippen molar-refractivity contribution >= 4 is 26.8 Å². The molecule has 0 aliphatic heterocycles. The van der Waals surface area contributed by atoms with Crippen molar-refractivity contribution < 1.29 is 0 Å². The van der Waals surface area contributed by atoms with Crippen LogP contribution in [0.15, 0.2) is 33.8 Å². The first-order chi connectivity index (χ1) is 9.24. The lowest BCUT2D eigenvalue weighted by molar-refractivity contribution is 0.315. The summed E-state index contributed by atoms with van der Waals surface area (Å²) in [6.45, 7) is 0.817. The van der Waals surface area contributed by atoms with Gasteiger partial charge in [0.25, 0.3) is 5.56 Å². The second-order valence-corrected chi connectivity index (χ2v) is 6.28. The van der Waals surface area contributed by atoms with Crippen LogP contribution in [0, 0.1) is 5.92 Å². The quantitative estimate of drug-likeness (QED) is 0.844. The zero-order valence-corrected chi connectivity index (χ0v) is 12.4. The van der Waals surface area contributed by atoms with E-state index < -0.39 is 0 Å². The fourth-order valence-corrected chi connectivity index (χ4v) is 3.26. The molecule has 1 fully saturated rings. The van der Waals surface area contributed by atoms with Crippen LogP contribution in [0.3, 0.4) is 0 Å². The molecule has 1 aliphatic rings. The van der Waals surface area contributed by atoms with Crippen LogP contribution in [0.2, 0.25) is 0 Å². The van der Waals surface area contributed by atoms with Crippen molar-refractivity contribution in [3.8, 4) is 0 Å². The van der Waals surface area contributed by atoms with E-state index in [1.54, 1.807) is 10.9 Å². The number of fused-ring (bicyclic) bond motifs is 1. The molecule has 1 aliphatic carbocycles. The number of hydrogen-bond donors (Lipinski definition) is 0. The van der Waals surface area contributed by atoms with Crippen LogP contribution in [0.1, 0.15) is 32.1 Å². The molecule has 0 radical (unpaired) electrons. The van der Waals surface area contributed by atoms with Gasteiger partial charge < -0.3 is 0 Å². The molecule has 2 aromatic rings. The van der Waals surface area contributed by atoms with E-state index in [0.29, 0.717) is 11.3 Å². The normalized spacial score (nSPS) is 16.9. The van der Waals surface area contributed by atoms with Gasteiger partial charge in [0.15, 0.2) is 0 Å². The molecule has 0 N–H and O–H groups in total. The van der Waals surface area contributed by atoms with Crippen molar-refractivity contribution in [3.05, 3.63) is 39.4 Å². The first kappa shape index (κ1) is 12.9. The average Bonchev–Trinajstić information content (AvgIpc) is 2.43. The molecule has 0 spiro atoms. The SMILES string of the molecule is O=c1c2ccc(Br)cc2ncn1CC1CCCCC1. The van der Waals surface area contributed by atoms with E-state index in [1.165, 1.54) is 32.1 Å². The molecule has 1 saturated carbocycles. The topological polar surface area (TPSA) is 34.9 Å². The number of halogens is 1. The van der Waals surface area contributed by atoms with Gasteiger partial charge in [-0.2, -0.15) is 0 Å². The largest absolute Gasteiger partial charge is 0.298 e. The lowest BCUT2D eigenvalue weighted by atomic mass is 9.89. The van der Waals surface area contributed by atoms with E-state index in [0.717, 1.165) is 16.5 Å². The van der Waals surface area contributed by atoms with E-state index in [4.69, 9.17) is 0 Å². The Morgan fingerprint density at radius 3 is 2.84 bits per heavy atom. The summed E-state index contributed by atoms with van der Waals surface area (Å²) in [5.41, 5.74) is 0.849. The van der Waals surface area contributed by atoms with Crippen molar-refractivity contribution in [2.75, 3.05) is 0 Å². The summed E-state index contributed by atoms with van der Waals surface area (Å²) in [4.78, 5) is 16.8. The molecule has 0 atom stereocenters. The van der Waals surface area contributed by atoms with E-state index >= 15 is 0 Å². The maximum absolute atomic E-state index is 12.4. The van der Waals surface area contributed by atoms with E-state index in [1.807, 2.05) is 18.2 Å². The van der Waals surface area contributed by atoms with Crippen LogP contribution in [0.5, 0.6) is 0 Å². The third-order valence-electron chi connectivity index (χ3n) is 3.97. The van der Waals surface area contributed by atoms with Gasteiger partial charge in [0, 0.05) is 11.0 Å². The molecule has 1 aromatic carbocycles. The van der Waals surface area contributed by atoms with Gasteiger partial charge in [-0.15, -0.1) is 0 Å². The molecule has 4 heteroatoms. The molecule has 0 amide bonds. The zero-order valence-electron chi connectivity index (χ0n) is 10.8. The third kappa shape index (κ3) is 2.73. The fourth-order valence-electron chi connectivity index (χ4n) is 2.91. The van der Waals surface area contributed by atoms with Gasteiger partial charge in [-0.1, -0.05) is 35.2 Å². The predicted octanol–water partition coefficient (Wildman–Crippen LogP) is 3.74. The number of aromatic nitrogens is 2. The molecular formula is C15H17BrN2O. The number of hydrogen-bond acceptors (Lipinski definition) is 2. The minimum absolute atomic E-state index is 0.0862. The van der Waals surface area contributed by atoms with Crippen LogP contribution in [-0.2, 0) is 6.54 Å². The second-order valence-electron chi connectivity index (χ2n) is 5.37. The first-order valence-electron chi connectivity index (χ1n) is 6.89. The highest BCUT2D eigenvalue weighted by Gasteiger charge is 2.15. The molecule has 19 heavy (non-hydrogen) atoms. The van der Waals surface area contributed by atoms with Crippen LogP contribution in [0.25, 0.3) is 10.9 Å². The average molecular weight is 321 g/mol. The summed E-state index contributed by atoms with van der Waals surface area (Å²) in [7, 11) is 0. The van der Waals surface area contributed by atoms with Gasteiger partial charge in [0.05, 0.1) is 17.2 Å². The van der Waals surface area contributed by atoms with Crippen molar-refractivity contribution in [1.82, 2.24) is 9.55 Å². The molecule has 1 aromatic heterocycles. The maximum atomic E-state index is 12.4. The number of benzene rings is 1. The van der Waals surface area contributed by atoms with Gasteiger partial charge in [-0.3, -0.25) is 9.36 Å². The predicted molar refractivity (Wildman–Crippen MR) is 80.3 cm³/mol. The summed E-state index contributed by atoms with van der Waals surface area (Å²) >= 11 is 3.41. The molecular weight excluding hydrogens is 304 g/mol. The van der Waals surface area contributed by atoms with Gasteiger partial charge in [0.2, 0.25) is 0 Å². The Kier molecular flexibility index (Phi) is 3.69. The second kappa shape index (κ2) is 5.45. The van der Waals surface area contributed by atoms with Crippen molar-refractivity contribution in [2.24, 2.45) is 5.92 Å². The first-order valence-corrected chi connectivity index (χ1v) is 7.68. The summed E-state index contributed by atoms with van der Waals surface area (Å²) < 4.78 is 2.74. The highest BCUT2D eigenvalue weighted by atomic mass is 79.9. The molecule has 3 nitrogen and oxygen atoms in total. The van der Waals surface area contributed by atoms with Crippen LogP contribution in [0.4, 0.5) is 0 Å². The van der Waals surface area contributed by atoms with Crippen molar-refractivity contribution in [2.45, 2.75) is 38.6 Å². The Bertz CT molecular complexity index is 644. The molecule has 0 bridgehead atoms. The Hall–Kier alpha value is -1.16. The molecule has 100 valence electrons. The van der Waals surface area contributed by atoms with Crippen LogP contribution in [-0.4, -0.2) is 9.55 Å². The number of rotatable bonds is 2. The lowest BCUT2D eigenvalue weighted by Crippen LogP contribution is -2.25. The minimum Gasteiger partial charge on any atom is -0.298 e. The Morgan fingerprint density at radius 2 is 2.05 bits per heavy atom. The van der Waals surface area contributed by atoms with Crippen LogP contribution >= 0.6 is 15.9 Å². The smallest absolute Gasteiger partial charge is 0.261 e. The standard InChI is InChI=1S/C15H17BrN2O/c16-12-6-7-13-14(8-12)17-10-18(15(13)19)9-11-4-2-1-3-5-11/h6-8,10-11H,1-5,9H2. The summed E-state index contributed by atoms with van der Waals surface area (Å²) in [5, 5.41) is 0.710. The van der Waals surface area contributed by atoms with Gasteiger partial charge in [-0.25, -0.2) is 4.98 Å². The van der Waals surface area contributed by atoms with Gasteiger partial charge >= 0.3 is 0 Å². The van der Waals surface area contributed by atoms with Gasteiger partial charge in [-0.05, 0) is 37.0 Å². The van der Waals surface area contributed by atoms with Crippen LogP contribution < -0.4 is 5.56 Å². The molecule has 3 rings (SSSR count). The molecule has 1 heterocycles. The highest BCUT2D eigenvalue weighted by Crippen LogP contribution is 2.24. The maximum Gasteiger partial charge on any atom is 0.261 e. The summed E-state index contributed by atoms with van der Waals surface area (Å²) in [6.07, 6.45) is 8.12. The molecule has 0 unspecified atom stereocenters. The third-order valence-corrected chi connectivity index (χ3v) is 4.46. The Morgan fingerprint density at radius 1 is 1.26 bits per heavy atom. The van der Waals surface area contributed by atoms with Gasteiger partial charge in [0.1, 0.15) is 0 Å². The van der Waals surface area contributed by atoms with E-state index in [9.17, 15) is 4.79 Å². The monoisotopic (exact) mass is 320 g/mol. The van der Waals surface area contributed by atoms with Crippen molar-refractivity contribution in [1.29, 1.82) is 0 Å². The highest BCUT2D eigenvalue weighted by molar-refractivity contribution is 9.10. The zero-order chi connectivity index (χ0) is 13.2. The molecule has 0 saturated heterocycles. The van der Waals surface area contributed by atoms with E-state index in [-0.39, 0.29) is 5.56 Å². The lowest BCUT2D eigenvalue weighted by Gasteiger charge is -2.22. The fraction of sp³-hybridized carbons (Fsp3) is 0.467. The summed E-state index contributed by atoms with van der Waals surface area (Å²) in [5.74, 6) is 0.640. The Balaban J connectivity index is 1.93. The Labute approximate surface area is 120 Å². The minimum atomic E-state index is 0.0862. The number of nitrogens with zero attached hydrogens (tertiary/aromatic N) is 2. The van der Waals surface area contributed by atoms with Crippen molar-refractivity contribution in [3.63, 3.8) is 0 Å². The van der Waals surface area contributed by atoms with E-state index in [2.05, 4.69) is 20.9 Å². The summed E-state index contributed by atoms with van der Waals surface area (Å²) in [6, 6.07) is 5.64.